The van der Waals surface area contributed by atoms with Crippen molar-refractivity contribution in [2.45, 2.75) is 0 Å². The molecule has 0 atom stereocenters. The fourth-order valence-corrected chi connectivity index (χ4v) is 7.23. The van der Waals surface area contributed by atoms with Gasteiger partial charge >= 0.3 is 16.8 Å². The molecule has 0 saturated carbocycles. The van der Waals surface area contributed by atoms with Crippen LogP contribution in [0, 0.1) is 0 Å². The molecule has 4 aromatic carbocycles. The van der Waals surface area contributed by atoms with Gasteiger partial charge in [-0.05, 0) is 117 Å². The molecular weight excluding hydrogens is 771 g/mol. The summed E-state index contributed by atoms with van der Waals surface area (Å²) in [5.74, 6) is -1.58. The van der Waals surface area contributed by atoms with E-state index in [0.717, 1.165) is 0 Å². The Kier molecular flexibility index (Phi) is 8.87. The Morgan fingerprint density at radius 3 is 0.684 bits per heavy atom. The number of phenolic OH excluding ortho intramolecular Hbond substituents is 8. The smallest absolute Gasteiger partial charge is 0.657 e. The van der Waals surface area contributed by atoms with Crippen molar-refractivity contribution >= 4 is 46.4 Å². The molecule has 2 aliphatic rings. The predicted octanol–water partition coefficient (Wildman–Crippen LogP) is 8.22. The van der Waals surface area contributed by atoms with Gasteiger partial charge < -0.3 is 50.8 Å². The van der Waals surface area contributed by atoms with Crippen LogP contribution in [0.15, 0.2) is 97.1 Å². The van der Waals surface area contributed by atoms with Crippen molar-refractivity contribution in [2.24, 2.45) is 0 Å². The van der Waals surface area contributed by atoms with Crippen LogP contribution in [0.1, 0.15) is 22.8 Å². The quantitative estimate of drug-likeness (QED) is 0.0845. The zero-order chi connectivity index (χ0) is 38.8. The van der Waals surface area contributed by atoms with E-state index in [0.29, 0.717) is 89.4 Å². The summed E-state index contributed by atoms with van der Waals surface area (Å²) in [6.07, 6.45) is 6.95. The van der Waals surface area contributed by atoms with Gasteiger partial charge in [0, 0.05) is 24.3 Å². The van der Waals surface area contributed by atoms with Crippen LogP contribution in [0.5, 0.6) is 46.0 Å². The van der Waals surface area contributed by atoms with Gasteiger partial charge in [0.2, 0.25) is 0 Å². The summed E-state index contributed by atoms with van der Waals surface area (Å²) >= 11 is 0. The van der Waals surface area contributed by atoms with Gasteiger partial charge in [0.15, 0.2) is 0 Å². The second-order valence-electron chi connectivity index (χ2n) is 13.3. The first kappa shape index (κ1) is 36.4. The van der Waals surface area contributed by atoms with Crippen LogP contribution in [0.25, 0.3) is 90.9 Å². The van der Waals surface area contributed by atoms with Crippen molar-refractivity contribution in [1.29, 1.82) is 0 Å². The van der Waals surface area contributed by atoms with Crippen molar-refractivity contribution in [3.8, 4) is 90.5 Å². The molecule has 0 unspecified atom stereocenters. The molecule has 12 nitrogen and oxygen atoms in total. The summed E-state index contributed by atoms with van der Waals surface area (Å²) < 4.78 is 0. The largest absolute Gasteiger partial charge is 2.00 e. The molecule has 8 bridgehead atoms. The zero-order valence-corrected chi connectivity index (χ0v) is 30.3. The van der Waals surface area contributed by atoms with Crippen LogP contribution in [0.4, 0.5) is 0 Å². The number of fused-ring (bicyclic) bond motifs is 8. The molecule has 8 N–H and O–H groups in total. The fourth-order valence-electron chi connectivity index (χ4n) is 7.23. The number of aromatic hydroxyl groups is 8. The molecule has 1 radical (unpaired) electrons. The molecule has 13 heteroatoms. The van der Waals surface area contributed by atoms with Crippen LogP contribution < -0.4 is 9.97 Å². The maximum Gasteiger partial charge on any atom is 2.00 e. The van der Waals surface area contributed by atoms with Crippen molar-refractivity contribution in [3.05, 3.63) is 120 Å². The van der Waals surface area contributed by atoms with E-state index in [-0.39, 0.29) is 62.8 Å². The molecule has 0 saturated heterocycles. The average molecular weight is 800 g/mol. The molecule has 0 amide bonds. The maximum absolute atomic E-state index is 10.6. The van der Waals surface area contributed by atoms with Crippen LogP contribution >= 0.6 is 0 Å². The van der Waals surface area contributed by atoms with Gasteiger partial charge in [-0.1, -0.05) is 24.3 Å². The number of nitrogens with zero attached hydrogens (tertiary/aromatic N) is 4. The third-order valence-electron chi connectivity index (χ3n) is 9.37. The molecule has 281 valence electrons. The summed E-state index contributed by atoms with van der Waals surface area (Å²) in [4.78, 5) is 20.1. The Morgan fingerprint density at radius 2 is 0.491 bits per heavy atom. The number of hydrogen-bond donors (Lipinski definition) is 8. The van der Waals surface area contributed by atoms with E-state index in [9.17, 15) is 40.9 Å². The number of rotatable bonds is 4. The molecule has 7 aromatic rings. The summed E-state index contributed by atoms with van der Waals surface area (Å²) in [6.45, 7) is 0. The predicted molar refractivity (Wildman–Crippen MR) is 212 cm³/mol. The zero-order valence-electron chi connectivity index (χ0n) is 29.2. The summed E-state index contributed by atoms with van der Waals surface area (Å²) in [5.41, 5.74) is 6.43. The standard InChI is InChI=1S/C44H28N4O8.Co/c49-25-9-21(10-26(50)17-25)41-33-1-2-34(45-33)42(22-11-27(51)18-28(52)12-22)36-5-6-38(47-36)44(24-15-31(55)20-32(56)16-24)40-8-7-39(48-40)43(37-4-3-35(41)46-37)23-13-29(53)19-30(54)14-23;/h1-20H,(H8-2,45,46,47,48,49,50,51,52,53,54,55,56);/q-2;+2. The molecule has 0 fully saturated rings. The van der Waals surface area contributed by atoms with Gasteiger partial charge in [-0.25, -0.2) is 9.97 Å². The van der Waals surface area contributed by atoms with Crippen molar-refractivity contribution in [3.63, 3.8) is 0 Å². The minimum absolute atomic E-state index is 0. The van der Waals surface area contributed by atoms with Gasteiger partial charge in [-0.3, -0.25) is 0 Å². The summed E-state index contributed by atoms with van der Waals surface area (Å²) in [6, 6.07) is 23.5. The van der Waals surface area contributed by atoms with Gasteiger partial charge in [0.1, 0.15) is 46.0 Å². The molecule has 3 aromatic heterocycles. The fraction of sp³-hybridized carbons (Fsp3) is 0. The van der Waals surface area contributed by atoms with Crippen molar-refractivity contribution in [1.82, 2.24) is 19.9 Å². The number of hydrogen-bond acceptors (Lipinski definition) is 10. The van der Waals surface area contributed by atoms with E-state index in [1.54, 1.807) is 48.6 Å². The van der Waals surface area contributed by atoms with Crippen LogP contribution in [-0.4, -0.2) is 50.8 Å². The van der Waals surface area contributed by atoms with E-state index in [4.69, 9.17) is 19.9 Å². The Morgan fingerprint density at radius 1 is 0.298 bits per heavy atom. The minimum atomic E-state index is -0.197. The van der Waals surface area contributed by atoms with Crippen molar-refractivity contribution < 1.29 is 57.6 Å². The van der Waals surface area contributed by atoms with Crippen LogP contribution in [-0.2, 0) is 16.8 Å². The normalized spacial score (nSPS) is 11.8. The Bertz CT molecular complexity index is 2560. The van der Waals surface area contributed by atoms with Gasteiger partial charge in [-0.2, -0.15) is 0 Å². The number of phenols is 8. The van der Waals surface area contributed by atoms with E-state index in [1.807, 2.05) is 0 Å². The molecule has 0 aliphatic carbocycles. The second-order valence-corrected chi connectivity index (χ2v) is 13.3. The molecule has 57 heavy (non-hydrogen) atoms. The first-order chi connectivity index (χ1) is 26.9. The maximum atomic E-state index is 10.6. The van der Waals surface area contributed by atoms with Crippen LogP contribution in [0.3, 0.4) is 0 Å². The van der Waals surface area contributed by atoms with E-state index < -0.39 is 0 Å². The first-order valence-corrected chi connectivity index (χ1v) is 17.1. The molecule has 2 aliphatic heterocycles. The van der Waals surface area contributed by atoms with Gasteiger partial charge in [0.25, 0.3) is 0 Å². The molecular formula is C44H28CoN4O8. The second kappa shape index (κ2) is 13.9. The van der Waals surface area contributed by atoms with E-state index in [1.165, 1.54) is 72.8 Å². The molecule has 9 rings (SSSR count). The number of benzene rings is 4. The van der Waals surface area contributed by atoms with Crippen LogP contribution in [0.2, 0.25) is 0 Å². The Hall–Kier alpha value is -7.61. The van der Waals surface area contributed by atoms with E-state index in [2.05, 4.69) is 0 Å². The van der Waals surface area contributed by atoms with E-state index >= 15 is 0 Å². The van der Waals surface area contributed by atoms with Gasteiger partial charge in [-0.15, -0.1) is 22.1 Å². The summed E-state index contributed by atoms with van der Waals surface area (Å²) in [7, 11) is 0. The Labute approximate surface area is 333 Å². The third-order valence-corrected chi connectivity index (χ3v) is 9.37. The number of aromatic nitrogens is 4. The SMILES string of the molecule is Oc1cc(O)cc(-c2c3nc(c(-c4cc(O)cc(O)c4)c4ccc([n-]4)c(-c4cc(O)cc(O)c4)c4nc(c(-c5cc(O)cc(O)c5)c5ccc2[n-]5)C=C4)C=C3)c1.[Co+2]. The molecule has 0 spiro atoms. The topological polar surface area (TPSA) is 216 Å². The van der Waals surface area contributed by atoms with Gasteiger partial charge in [0.05, 0.1) is 22.8 Å². The summed E-state index contributed by atoms with van der Waals surface area (Å²) in [5, 5.41) is 84.6. The minimum Gasteiger partial charge on any atom is -0.657 e. The average Bonchev–Trinajstić information content (AvgIpc) is 3.94. The first-order valence-electron chi connectivity index (χ1n) is 17.1. The molecule has 5 heterocycles. The third kappa shape index (κ3) is 6.73. The monoisotopic (exact) mass is 799 g/mol. The van der Waals surface area contributed by atoms with Crippen molar-refractivity contribution in [2.75, 3.05) is 0 Å². The Balaban J connectivity index is 0.00000455.